The molecule has 1 unspecified atom stereocenters. The van der Waals surface area contributed by atoms with Crippen LogP contribution in [0.2, 0.25) is 0 Å². The zero-order chi connectivity index (χ0) is 14.4. The molecule has 1 aromatic rings. The van der Waals surface area contributed by atoms with Crippen molar-refractivity contribution in [1.29, 1.82) is 0 Å². The van der Waals surface area contributed by atoms with Crippen LogP contribution < -0.4 is 14.8 Å². The number of amides is 1. The maximum atomic E-state index is 11.7. The molecular formula is C14H17NO5. The van der Waals surface area contributed by atoms with E-state index >= 15 is 0 Å². The van der Waals surface area contributed by atoms with Gasteiger partial charge in [-0.1, -0.05) is 6.07 Å². The van der Waals surface area contributed by atoms with Crippen LogP contribution in [-0.2, 0) is 9.53 Å². The Kier molecular flexibility index (Phi) is 4.97. The predicted molar refractivity (Wildman–Crippen MR) is 72.5 cm³/mol. The third-order valence-corrected chi connectivity index (χ3v) is 2.76. The number of methoxy groups -OCH3 is 1. The minimum atomic E-state index is -0.408. The summed E-state index contributed by atoms with van der Waals surface area (Å²) in [6, 6.07) is 5.01. The number of hydrogen-bond acceptors (Lipinski definition) is 5. The fourth-order valence-corrected chi connectivity index (χ4v) is 1.78. The molecule has 0 saturated heterocycles. The summed E-state index contributed by atoms with van der Waals surface area (Å²) in [7, 11) is 1.51. The highest BCUT2D eigenvalue weighted by Crippen LogP contribution is 2.32. The second-order valence-corrected chi connectivity index (χ2v) is 4.29. The van der Waals surface area contributed by atoms with Gasteiger partial charge in [-0.25, -0.2) is 0 Å². The smallest absolute Gasteiger partial charge is 0.244 e. The van der Waals surface area contributed by atoms with Gasteiger partial charge < -0.3 is 24.6 Å². The van der Waals surface area contributed by atoms with E-state index in [4.69, 9.17) is 19.3 Å². The van der Waals surface area contributed by atoms with E-state index in [-0.39, 0.29) is 25.9 Å². The summed E-state index contributed by atoms with van der Waals surface area (Å²) < 4.78 is 15.3. The van der Waals surface area contributed by atoms with Crippen LogP contribution in [0.5, 0.6) is 11.5 Å². The molecule has 0 radical (unpaired) electrons. The second kappa shape index (κ2) is 6.93. The van der Waals surface area contributed by atoms with Crippen molar-refractivity contribution in [3.8, 4) is 11.5 Å². The molecule has 1 aliphatic rings. The highest BCUT2D eigenvalue weighted by Gasteiger charge is 2.12. The zero-order valence-corrected chi connectivity index (χ0v) is 11.2. The average molecular weight is 279 g/mol. The van der Waals surface area contributed by atoms with Crippen molar-refractivity contribution >= 4 is 12.0 Å². The Hall–Kier alpha value is -2.05. The molecule has 0 aliphatic carbocycles. The summed E-state index contributed by atoms with van der Waals surface area (Å²) in [5.41, 5.74) is 0.830. The number of ether oxygens (including phenoxy) is 3. The topological polar surface area (TPSA) is 77.0 Å². The van der Waals surface area contributed by atoms with Crippen LogP contribution in [0.15, 0.2) is 24.3 Å². The van der Waals surface area contributed by atoms with Gasteiger partial charge in [0, 0.05) is 13.2 Å². The van der Waals surface area contributed by atoms with E-state index in [0.29, 0.717) is 11.5 Å². The van der Waals surface area contributed by atoms with Gasteiger partial charge in [-0.05, 0) is 23.8 Å². The Balaban J connectivity index is 1.93. The van der Waals surface area contributed by atoms with Crippen molar-refractivity contribution in [2.45, 2.75) is 6.04 Å². The van der Waals surface area contributed by atoms with Crippen molar-refractivity contribution < 1.29 is 24.1 Å². The van der Waals surface area contributed by atoms with Crippen LogP contribution in [0, 0.1) is 0 Å². The number of carbonyl (C=O) groups excluding carboxylic acids is 1. The van der Waals surface area contributed by atoms with Gasteiger partial charge in [-0.2, -0.15) is 0 Å². The lowest BCUT2D eigenvalue weighted by molar-refractivity contribution is -0.117. The SMILES string of the molecule is COCC(CO)NC(=O)/C=C/c1ccc2c(c1)OCO2. The van der Waals surface area contributed by atoms with E-state index in [1.54, 1.807) is 18.2 Å². The summed E-state index contributed by atoms with van der Waals surface area (Å²) in [6.07, 6.45) is 3.06. The van der Waals surface area contributed by atoms with E-state index in [1.165, 1.54) is 13.2 Å². The molecule has 0 saturated carbocycles. The Morgan fingerprint density at radius 1 is 1.50 bits per heavy atom. The maximum Gasteiger partial charge on any atom is 0.244 e. The molecular weight excluding hydrogens is 262 g/mol. The molecule has 0 aromatic heterocycles. The van der Waals surface area contributed by atoms with Gasteiger partial charge in [0.25, 0.3) is 0 Å². The van der Waals surface area contributed by atoms with Crippen molar-refractivity contribution in [3.63, 3.8) is 0 Å². The van der Waals surface area contributed by atoms with Crippen molar-refractivity contribution in [2.24, 2.45) is 0 Å². The second-order valence-electron chi connectivity index (χ2n) is 4.29. The minimum absolute atomic E-state index is 0.169. The monoisotopic (exact) mass is 279 g/mol. The lowest BCUT2D eigenvalue weighted by atomic mass is 10.2. The van der Waals surface area contributed by atoms with E-state index < -0.39 is 6.04 Å². The molecule has 1 aliphatic heterocycles. The predicted octanol–water partition coefficient (Wildman–Crippen LogP) is 0.552. The van der Waals surface area contributed by atoms with Crippen LogP contribution >= 0.6 is 0 Å². The molecule has 2 N–H and O–H groups in total. The molecule has 6 heteroatoms. The molecule has 6 nitrogen and oxygen atoms in total. The minimum Gasteiger partial charge on any atom is -0.454 e. The van der Waals surface area contributed by atoms with Crippen LogP contribution in [0.3, 0.4) is 0 Å². The van der Waals surface area contributed by atoms with Crippen molar-refractivity contribution in [2.75, 3.05) is 27.1 Å². The number of aliphatic hydroxyl groups excluding tert-OH is 1. The summed E-state index contributed by atoms with van der Waals surface area (Å²) in [5.74, 6) is 1.07. The number of carbonyl (C=O) groups is 1. The molecule has 2 rings (SSSR count). The van der Waals surface area contributed by atoms with Crippen LogP contribution in [0.1, 0.15) is 5.56 Å². The number of hydrogen-bond donors (Lipinski definition) is 2. The summed E-state index contributed by atoms with van der Waals surface area (Å²) >= 11 is 0. The lowest BCUT2D eigenvalue weighted by Crippen LogP contribution is -2.39. The fraction of sp³-hybridized carbons (Fsp3) is 0.357. The van der Waals surface area contributed by atoms with E-state index in [1.807, 2.05) is 6.07 Å². The van der Waals surface area contributed by atoms with E-state index in [0.717, 1.165) is 5.56 Å². The maximum absolute atomic E-state index is 11.7. The molecule has 1 heterocycles. The Morgan fingerprint density at radius 2 is 2.30 bits per heavy atom. The molecule has 0 spiro atoms. The first-order valence-electron chi connectivity index (χ1n) is 6.21. The van der Waals surface area contributed by atoms with Gasteiger partial charge in [0.15, 0.2) is 11.5 Å². The molecule has 20 heavy (non-hydrogen) atoms. The molecule has 0 fully saturated rings. The third-order valence-electron chi connectivity index (χ3n) is 2.76. The highest BCUT2D eigenvalue weighted by atomic mass is 16.7. The third kappa shape index (κ3) is 3.72. The van der Waals surface area contributed by atoms with Gasteiger partial charge in [-0.3, -0.25) is 4.79 Å². The molecule has 1 aromatic carbocycles. The van der Waals surface area contributed by atoms with Crippen LogP contribution in [0.4, 0.5) is 0 Å². The van der Waals surface area contributed by atoms with Crippen molar-refractivity contribution in [3.05, 3.63) is 29.8 Å². The number of nitrogens with one attached hydrogen (secondary N) is 1. The first kappa shape index (κ1) is 14.4. The van der Waals surface area contributed by atoms with Gasteiger partial charge in [0.05, 0.1) is 19.3 Å². The largest absolute Gasteiger partial charge is 0.454 e. The van der Waals surface area contributed by atoms with Crippen LogP contribution in [0.25, 0.3) is 6.08 Å². The standard InChI is InChI=1S/C14H17NO5/c1-18-8-11(7-16)15-14(17)5-3-10-2-4-12-13(6-10)20-9-19-12/h2-6,11,16H,7-9H2,1H3,(H,15,17)/b5-3+. The van der Waals surface area contributed by atoms with Gasteiger partial charge in [0.2, 0.25) is 12.7 Å². The van der Waals surface area contributed by atoms with Crippen molar-refractivity contribution in [1.82, 2.24) is 5.32 Å². The van der Waals surface area contributed by atoms with Gasteiger partial charge >= 0.3 is 0 Å². The fourth-order valence-electron chi connectivity index (χ4n) is 1.78. The summed E-state index contributed by atoms with van der Waals surface area (Å²) in [5, 5.41) is 11.7. The van der Waals surface area contributed by atoms with Crippen LogP contribution in [-0.4, -0.2) is 44.2 Å². The highest BCUT2D eigenvalue weighted by molar-refractivity contribution is 5.92. The molecule has 108 valence electrons. The number of rotatable bonds is 6. The lowest BCUT2D eigenvalue weighted by Gasteiger charge is -2.13. The van der Waals surface area contributed by atoms with Gasteiger partial charge in [0.1, 0.15) is 0 Å². The quantitative estimate of drug-likeness (QED) is 0.744. The zero-order valence-electron chi connectivity index (χ0n) is 11.2. The Labute approximate surface area is 117 Å². The number of aliphatic hydroxyl groups is 1. The normalized spacial score (nSPS) is 14.5. The molecule has 0 bridgehead atoms. The number of benzene rings is 1. The number of fused-ring (bicyclic) bond motifs is 1. The molecule has 1 atom stereocenters. The average Bonchev–Trinajstić information content (AvgIpc) is 2.92. The first-order valence-corrected chi connectivity index (χ1v) is 6.21. The Morgan fingerprint density at radius 3 is 3.05 bits per heavy atom. The summed E-state index contributed by atoms with van der Waals surface area (Å²) in [4.78, 5) is 11.7. The van der Waals surface area contributed by atoms with E-state index in [9.17, 15) is 4.79 Å². The first-order chi connectivity index (χ1) is 9.72. The summed E-state index contributed by atoms with van der Waals surface area (Å²) in [6.45, 7) is 0.315. The van der Waals surface area contributed by atoms with Gasteiger partial charge in [-0.15, -0.1) is 0 Å². The van der Waals surface area contributed by atoms with E-state index in [2.05, 4.69) is 5.32 Å². The Bertz CT molecular complexity index is 500. The molecule has 1 amide bonds.